The summed E-state index contributed by atoms with van der Waals surface area (Å²) < 4.78 is 2.46. The van der Waals surface area contributed by atoms with Crippen molar-refractivity contribution >= 4 is 18.0 Å². The first-order valence-corrected chi connectivity index (χ1v) is 6.80. The number of nitrogens with zero attached hydrogens (tertiary/aromatic N) is 2. The smallest absolute Gasteiger partial charge is 0.204 e. The van der Waals surface area contributed by atoms with Crippen molar-refractivity contribution in [1.82, 2.24) is 9.55 Å². The first-order chi connectivity index (χ1) is 9.18. The molecule has 19 heavy (non-hydrogen) atoms. The maximum Gasteiger partial charge on any atom is 0.204 e. The zero-order chi connectivity index (χ0) is 13.4. The first-order valence-electron chi connectivity index (χ1n) is 6.39. The molecule has 0 saturated heterocycles. The fourth-order valence-corrected chi connectivity index (χ4v) is 3.02. The predicted octanol–water partition coefficient (Wildman–Crippen LogP) is 3.43. The van der Waals surface area contributed by atoms with Crippen molar-refractivity contribution in [2.75, 3.05) is 0 Å². The highest BCUT2D eigenvalue weighted by atomic mass is 32.1. The minimum absolute atomic E-state index is 0.186. The Kier molecular flexibility index (Phi) is 3.03. The van der Waals surface area contributed by atoms with Crippen molar-refractivity contribution in [1.29, 1.82) is 0 Å². The summed E-state index contributed by atoms with van der Waals surface area (Å²) in [4.78, 5) is 16.5. The number of hydrogen-bond acceptors (Lipinski definition) is 3. The zero-order valence-electron chi connectivity index (χ0n) is 10.7. The molecule has 0 aliphatic heterocycles. The van der Waals surface area contributed by atoms with Gasteiger partial charge in [0.15, 0.2) is 5.78 Å². The average molecular weight is 270 g/mol. The Morgan fingerprint density at radius 3 is 2.68 bits per heavy atom. The quantitative estimate of drug-likeness (QED) is 0.745. The number of aromatic nitrogens is 2. The third-order valence-electron chi connectivity index (χ3n) is 3.49. The first kappa shape index (κ1) is 12.2. The minimum atomic E-state index is 0.186. The summed E-state index contributed by atoms with van der Waals surface area (Å²) in [7, 11) is 0. The largest absolute Gasteiger partial charge is 0.294 e. The van der Waals surface area contributed by atoms with E-state index in [1.165, 1.54) is 0 Å². The number of benzene rings is 1. The van der Waals surface area contributed by atoms with Gasteiger partial charge < -0.3 is 0 Å². The standard InChI is InChI=1S/C15H14N2OS/c1-10-14-12(8-5-9-13(14)18)17(15(19)16-10)11-6-3-2-4-7-11/h2-4,6-7H,5,8-9H2,1H3. The lowest BCUT2D eigenvalue weighted by molar-refractivity contribution is 0.0969. The second-order valence-electron chi connectivity index (χ2n) is 4.75. The molecule has 3 nitrogen and oxygen atoms in total. The number of carbonyl (C=O) groups excluding carboxylic acids is 1. The molecule has 0 N–H and O–H groups in total. The zero-order valence-corrected chi connectivity index (χ0v) is 11.5. The lowest BCUT2D eigenvalue weighted by atomic mass is 9.93. The fraction of sp³-hybridized carbons (Fsp3) is 0.267. The molecule has 1 aromatic heterocycles. The van der Waals surface area contributed by atoms with Crippen molar-refractivity contribution in [2.45, 2.75) is 26.2 Å². The van der Waals surface area contributed by atoms with Gasteiger partial charge >= 0.3 is 0 Å². The molecule has 1 aliphatic carbocycles. The molecule has 2 aromatic rings. The third kappa shape index (κ3) is 2.02. The number of Topliss-reactive ketones (excluding diaryl/α,β-unsaturated/α-hetero) is 1. The molecule has 96 valence electrons. The van der Waals surface area contributed by atoms with Crippen LogP contribution in [0.2, 0.25) is 0 Å². The Hall–Kier alpha value is -1.81. The highest BCUT2D eigenvalue weighted by molar-refractivity contribution is 7.71. The molecule has 1 aliphatic rings. The van der Waals surface area contributed by atoms with E-state index in [2.05, 4.69) is 4.98 Å². The number of para-hydroxylation sites is 1. The summed E-state index contributed by atoms with van der Waals surface area (Å²) in [6.07, 6.45) is 2.38. The summed E-state index contributed by atoms with van der Waals surface area (Å²) in [5, 5.41) is 0. The molecular weight excluding hydrogens is 256 g/mol. The van der Waals surface area contributed by atoms with Gasteiger partial charge in [-0.1, -0.05) is 18.2 Å². The van der Waals surface area contributed by atoms with E-state index in [9.17, 15) is 4.79 Å². The Labute approximate surface area is 116 Å². The van der Waals surface area contributed by atoms with E-state index in [1.54, 1.807) is 0 Å². The average Bonchev–Trinajstić information content (AvgIpc) is 2.39. The molecule has 1 heterocycles. The minimum Gasteiger partial charge on any atom is -0.294 e. The molecule has 0 saturated carbocycles. The molecule has 0 spiro atoms. The van der Waals surface area contributed by atoms with E-state index in [4.69, 9.17) is 12.2 Å². The van der Waals surface area contributed by atoms with Gasteiger partial charge in [-0.05, 0) is 44.1 Å². The molecular formula is C15H14N2OS. The van der Waals surface area contributed by atoms with Crippen LogP contribution in [0, 0.1) is 11.7 Å². The van der Waals surface area contributed by atoms with Crippen LogP contribution in [0.15, 0.2) is 30.3 Å². The highest BCUT2D eigenvalue weighted by Gasteiger charge is 2.23. The van der Waals surface area contributed by atoms with Crippen molar-refractivity contribution in [3.63, 3.8) is 0 Å². The maximum absolute atomic E-state index is 12.1. The van der Waals surface area contributed by atoms with E-state index in [1.807, 2.05) is 41.8 Å². The second kappa shape index (κ2) is 4.70. The van der Waals surface area contributed by atoms with Crippen molar-refractivity contribution in [3.05, 3.63) is 52.1 Å². The number of rotatable bonds is 1. The molecule has 0 radical (unpaired) electrons. The van der Waals surface area contributed by atoms with Gasteiger partial charge in [-0.2, -0.15) is 0 Å². The molecule has 0 fully saturated rings. The van der Waals surface area contributed by atoms with Crippen molar-refractivity contribution in [3.8, 4) is 5.69 Å². The fourth-order valence-electron chi connectivity index (χ4n) is 2.67. The van der Waals surface area contributed by atoms with Gasteiger partial charge in [-0.25, -0.2) is 4.98 Å². The van der Waals surface area contributed by atoms with Crippen LogP contribution in [-0.4, -0.2) is 15.3 Å². The third-order valence-corrected chi connectivity index (χ3v) is 3.76. The Morgan fingerprint density at radius 2 is 1.95 bits per heavy atom. The van der Waals surface area contributed by atoms with Crippen LogP contribution in [0.1, 0.15) is 34.6 Å². The van der Waals surface area contributed by atoms with Crippen LogP contribution in [0.3, 0.4) is 0 Å². The molecule has 0 unspecified atom stereocenters. The number of hydrogen-bond donors (Lipinski definition) is 0. The van der Waals surface area contributed by atoms with Crippen molar-refractivity contribution in [2.24, 2.45) is 0 Å². The molecule has 0 bridgehead atoms. The van der Waals surface area contributed by atoms with E-state index < -0.39 is 0 Å². The van der Waals surface area contributed by atoms with Gasteiger partial charge in [0.25, 0.3) is 0 Å². The molecule has 0 amide bonds. The van der Waals surface area contributed by atoms with Gasteiger partial charge in [0.2, 0.25) is 4.77 Å². The van der Waals surface area contributed by atoms with E-state index >= 15 is 0 Å². The molecule has 3 rings (SSSR count). The SMILES string of the molecule is Cc1nc(=S)n(-c2ccccc2)c2c1C(=O)CCC2. The van der Waals surface area contributed by atoms with Crippen LogP contribution < -0.4 is 0 Å². The van der Waals surface area contributed by atoms with E-state index in [-0.39, 0.29) is 5.78 Å². The Morgan fingerprint density at radius 1 is 1.21 bits per heavy atom. The van der Waals surface area contributed by atoms with Crippen LogP contribution in [0.25, 0.3) is 5.69 Å². The summed E-state index contributed by atoms with van der Waals surface area (Å²) in [6, 6.07) is 9.88. The van der Waals surface area contributed by atoms with Crippen LogP contribution in [0.5, 0.6) is 0 Å². The topological polar surface area (TPSA) is 34.9 Å². The van der Waals surface area contributed by atoms with Gasteiger partial charge in [0, 0.05) is 17.8 Å². The Balaban J connectivity index is 2.35. The number of carbonyl (C=O) groups is 1. The van der Waals surface area contributed by atoms with Gasteiger partial charge in [0.1, 0.15) is 0 Å². The number of aryl methyl sites for hydroxylation is 1. The monoisotopic (exact) mass is 270 g/mol. The summed E-state index contributed by atoms with van der Waals surface area (Å²) in [5.41, 5.74) is 3.52. The Bertz CT molecular complexity index is 704. The molecule has 1 aromatic carbocycles. The normalized spacial score (nSPS) is 14.3. The maximum atomic E-state index is 12.1. The van der Waals surface area contributed by atoms with Crippen LogP contribution in [-0.2, 0) is 6.42 Å². The number of ketones is 1. The van der Waals surface area contributed by atoms with Crippen LogP contribution in [0.4, 0.5) is 0 Å². The van der Waals surface area contributed by atoms with E-state index in [0.717, 1.165) is 35.5 Å². The lowest BCUT2D eigenvalue weighted by Gasteiger charge is -2.22. The molecule has 0 atom stereocenters. The lowest BCUT2D eigenvalue weighted by Crippen LogP contribution is -2.20. The predicted molar refractivity (Wildman–Crippen MR) is 76.4 cm³/mol. The van der Waals surface area contributed by atoms with E-state index in [0.29, 0.717) is 11.2 Å². The highest BCUT2D eigenvalue weighted by Crippen LogP contribution is 2.25. The molecule has 4 heteroatoms. The van der Waals surface area contributed by atoms with Gasteiger partial charge in [-0.3, -0.25) is 9.36 Å². The summed E-state index contributed by atoms with van der Waals surface area (Å²) in [5.74, 6) is 0.186. The van der Waals surface area contributed by atoms with Gasteiger partial charge in [-0.15, -0.1) is 0 Å². The summed E-state index contributed by atoms with van der Waals surface area (Å²) in [6.45, 7) is 1.87. The summed E-state index contributed by atoms with van der Waals surface area (Å²) >= 11 is 5.39. The van der Waals surface area contributed by atoms with Crippen LogP contribution >= 0.6 is 12.2 Å². The second-order valence-corrected chi connectivity index (χ2v) is 5.11. The van der Waals surface area contributed by atoms with Gasteiger partial charge in [0.05, 0.1) is 11.3 Å². The number of fused-ring (bicyclic) bond motifs is 1. The van der Waals surface area contributed by atoms with Crippen molar-refractivity contribution < 1.29 is 4.79 Å².